The average Bonchev–Trinajstić information content (AvgIpc) is 2.89. The highest BCUT2D eigenvalue weighted by Gasteiger charge is 2.26. The molecule has 0 atom stereocenters. The first-order valence-electron chi connectivity index (χ1n) is 7.67. The Hall–Kier alpha value is -2.22. The van der Waals surface area contributed by atoms with Crippen molar-refractivity contribution in [2.24, 2.45) is 0 Å². The van der Waals surface area contributed by atoms with Crippen LogP contribution < -0.4 is 5.32 Å². The number of likely N-dealkylation sites (N-methyl/N-ethyl adjacent to an activating group) is 1. The number of nitrogens with one attached hydrogen (secondary N) is 1. The Balaban J connectivity index is 2.55. The predicted molar refractivity (Wildman–Crippen MR) is 84.6 cm³/mol. The first-order valence-corrected chi connectivity index (χ1v) is 7.67. The molecular formula is C17H18F5N3. The molecule has 1 aromatic heterocycles. The summed E-state index contributed by atoms with van der Waals surface area (Å²) in [5.41, 5.74) is 1.12. The summed E-state index contributed by atoms with van der Waals surface area (Å²) in [4.78, 5) is 0. The summed E-state index contributed by atoms with van der Waals surface area (Å²) >= 11 is 0. The third kappa shape index (κ3) is 3.58. The zero-order valence-electron chi connectivity index (χ0n) is 14.1. The Kier molecular flexibility index (Phi) is 5.94. The topological polar surface area (TPSA) is 29.9 Å². The molecule has 25 heavy (non-hydrogen) atoms. The molecule has 2 rings (SSSR count). The Labute approximate surface area is 142 Å². The Morgan fingerprint density at radius 3 is 2.08 bits per heavy atom. The van der Waals surface area contributed by atoms with Gasteiger partial charge >= 0.3 is 0 Å². The summed E-state index contributed by atoms with van der Waals surface area (Å²) in [7, 11) is 1.74. The van der Waals surface area contributed by atoms with Crippen LogP contribution in [0.3, 0.4) is 0 Å². The van der Waals surface area contributed by atoms with Gasteiger partial charge in [0, 0.05) is 18.7 Å². The van der Waals surface area contributed by atoms with Crippen LogP contribution in [0, 0.1) is 36.0 Å². The third-order valence-corrected chi connectivity index (χ3v) is 3.90. The monoisotopic (exact) mass is 359 g/mol. The van der Waals surface area contributed by atoms with E-state index < -0.39 is 41.2 Å². The van der Waals surface area contributed by atoms with E-state index in [1.807, 2.05) is 0 Å². The molecule has 0 amide bonds. The molecule has 0 fully saturated rings. The minimum Gasteiger partial charge on any atom is -0.319 e. The predicted octanol–water partition coefficient (Wildman–Crippen LogP) is 3.73. The van der Waals surface area contributed by atoms with E-state index in [1.54, 1.807) is 33.0 Å². The summed E-state index contributed by atoms with van der Waals surface area (Å²) in [5, 5.41) is 7.19. The largest absolute Gasteiger partial charge is 0.319 e. The molecule has 1 aromatic carbocycles. The van der Waals surface area contributed by atoms with E-state index in [4.69, 9.17) is 0 Å². The van der Waals surface area contributed by atoms with Gasteiger partial charge < -0.3 is 5.32 Å². The highest BCUT2D eigenvalue weighted by molar-refractivity contribution is 5.50. The molecule has 8 heteroatoms. The second kappa shape index (κ2) is 7.77. The number of halogens is 5. The molecule has 0 aliphatic rings. The first kappa shape index (κ1) is 19.1. The van der Waals surface area contributed by atoms with Crippen LogP contribution in [-0.4, -0.2) is 23.4 Å². The van der Waals surface area contributed by atoms with Gasteiger partial charge in [0.25, 0.3) is 0 Å². The number of nitrogens with zero attached hydrogens (tertiary/aromatic N) is 2. The lowest BCUT2D eigenvalue weighted by molar-refractivity contribution is 0.366. The van der Waals surface area contributed by atoms with E-state index >= 15 is 0 Å². The van der Waals surface area contributed by atoms with Crippen LogP contribution in [0.2, 0.25) is 0 Å². The molecule has 0 aliphatic heterocycles. The molecule has 0 spiro atoms. The van der Waals surface area contributed by atoms with E-state index in [0.717, 1.165) is 5.56 Å². The molecule has 0 radical (unpaired) electrons. The number of hydrogen-bond donors (Lipinski definition) is 1. The fraction of sp³-hybridized carbons (Fsp3) is 0.353. The lowest BCUT2D eigenvalue weighted by Gasteiger charge is -2.11. The zero-order chi connectivity index (χ0) is 18.7. The summed E-state index contributed by atoms with van der Waals surface area (Å²) in [6.45, 7) is 3.60. The SMILES string of the molecule is C/C=C/c1nn(Cc2c(F)c(F)c(F)c(F)c2F)c(CCNC)c1C. The minimum absolute atomic E-state index is 0.488. The molecule has 1 N–H and O–H groups in total. The normalized spacial score (nSPS) is 11.7. The lowest BCUT2D eigenvalue weighted by Crippen LogP contribution is -2.17. The average molecular weight is 359 g/mol. The summed E-state index contributed by atoms with van der Waals surface area (Å²) in [6, 6.07) is 0. The van der Waals surface area contributed by atoms with Crippen molar-refractivity contribution in [3.05, 3.63) is 57.7 Å². The van der Waals surface area contributed by atoms with E-state index in [0.29, 0.717) is 24.4 Å². The van der Waals surface area contributed by atoms with Gasteiger partial charge in [-0.25, -0.2) is 22.0 Å². The number of allylic oxidation sites excluding steroid dienone is 1. The highest BCUT2D eigenvalue weighted by atomic mass is 19.2. The minimum atomic E-state index is -2.17. The Bertz CT molecular complexity index is 782. The van der Waals surface area contributed by atoms with Crippen LogP contribution in [0.1, 0.15) is 29.4 Å². The second-order valence-corrected chi connectivity index (χ2v) is 5.52. The van der Waals surface area contributed by atoms with Crippen molar-refractivity contribution in [2.75, 3.05) is 13.6 Å². The van der Waals surface area contributed by atoms with Crippen LogP contribution in [0.4, 0.5) is 22.0 Å². The van der Waals surface area contributed by atoms with Crippen molar-refractivity contribution >= 4 is 6.08 Å². The fourth-order valence-electron chi connectivity index (χ4n) is 2.55. The van der Waals surface area contributed by atoms with Crippen molar-refractivity contribution in [1.82, 2.24) is 15.1 Å². The lowest BCUT2D eigenvalue weighted by atomic mass is 10.1. The molecule has 0 unspecified atom stereocenters. The van der Waals surface area contributed by atoms with Crippen molar-refractivity contribution in [1.29, 1.82) is 0 Å². The molecule has 1 heterocycles. The maximum absolute atomic E-state index is 13.9. The van der Waals surface area contributed by atoms with Crippen molar-refractivity contribution in [2.45, 2.75) is 26.8 Å². The maximum atomic E-state index is 13.9. The number of benzene rings is 1. The van der Waals surface area contributed by atoms with Gasteiger partial charge in [-0.3, -0.25) is 4.68 Å². The number of rotatable bonds is 6. The Morgan fingerprint density at radius 1 is 1.00 bits per heavy atom. The second-order valence-electron chi connectivity index (χ2n) is 5.52. The molecule has 0 saturated carbocycles. The van der Waals surface area contributed by atoms with Crippen LogP contribution in [0.25, 0.3) is 6.08 Å². The Morgan fingerprint density at radius 2 is 1.56 bits per heavy atom. The molecular weight excluding hydrogens is 341 g/mol. The van der Waals surface area contributed by atoms with Crippen LogP contribution in [0.15, 0.2) is 6.08 Å². The van der Waals surface area contributed by atoms with Crippen molar-refractivity contribution in [3.8, 4) is 0 Å². The van der Waals surface area contributed by atoms with Gasteiger partial charge in [0.2, 0.25) is 5.82 Å². The van der Waals surface area contributed by atoms with Gasteiger partial charge in [0.15, 0.2) is 23.3 Å². The van der Waals surface area contributed by atoms with Crippen molar-refractivity contribution < 1.29 is 22.0 Å². The summed E-state index contributed by atoms with van der Waals surface area (Å²) in [5.74, 6) is -9.75. The van der Waals surface area contributed by atoms with Crippen LogP contribution in [0.5, 0.6) is 0 Å². The van der Waals surface area contributed by atoms with E-state index in [-0.39, 0.29) is 0 Å². The van der Waals surface area contributed by atoms with E-state index in [2.05, 4.69) is 10.4 Å². The fourth-order valence-corrected chi connectivity index (χ4v) is 2.55. The van der Waals surface area contributed by atoms with Crippen molar-refractivity contribution in [3.63, 3.8) is 0 Å². The number of hydrogen-bond acceptors (Lipinski definition) is 2. The smallest absolute Gasteiger partial charge is 0.200 e. The van der Waals surface area contributed by atoms with Gasteiger partial charge in [-0.15, -0.1) is 0 Å². The molecule has 0 aliphatic carbocycles. The molecule has 0 saturated heterocycles. The highest BCUT2D eigenvalue weighted by Crippen LogP contribution is 2.25. The third-order valence-electron chi connectivity index (χ3n) is 3.90. The molecule has 2 aromatic rings. The quantitative estimate of drug-likeness (QED) is 0.484. The van der Waals surface area contributed by atoms with Gasteiger partial charge in [0.1, 0.15) is 0 Å². The van der Waals surface area contributed by atoms with Gasteiger partial charge in [-0.05, 0) is 32.5 Å². The summed E-state index contributed by atoms with van der Waals surface area (Å²) < 4.78 is 69.1. The van der Waals surface area contributed by atoms with E-state index in [1.165, 1.54) is 4.68 Å². The van der Waals surface area contributed by atoms with Gasteiger partial charge in [0.05, 0.1) is 17.8 Å². The maximum Gasteiger partial charge on any atom is 0.200 e. The van der Waals surface area contributed by atoms with Gasteiger partial charge in [-0.1, -0.05) is 6.08 Å². The van der Waals surface area contributed by atoms with Crippen LogP contribution in [-0.2, 0) is 13.0 Å². The molecule has 3 nitrogen and oxygen atoms in total. The summed E-state index contributed by atoms with van der Waals surface area (Å²) in [6.07, 6.45) is 3.95. The van der Waals surface area contributed by atoms with Gasteiger partial charge in [-0.2, -0.15) is 5.10 Å². The molecule has 136 valence electrons. The standard InChI is InChI=1S/C17H18F5N3/c1-4-5-11-9(2)12(6-7-23-3)25(24-11)8-10-13(18)15(20)17(22)16(21)14(10)19/h4-5,23H,6-8H2,1-3H3/b5-4+. The van der Waals surface area contributed by atoms with Crippen LogP contribution >= 0.6 is 0 Å². The number of aromatic nitrogens is 2. The first-order chi connectivity index (χ1) is 11.8. The molecule has 0 bridgehead atoms. The van der Waals surface area contributed by atoms with E-state index in [9.17, 15) is 22.0 Å². The zero-order valence-corrected chi connectivity index (χ0v) is 14.1.